The highest BCUT2D eigenvalue weighted by molar-refractivity contribution is 6.32. The molecule has 22 heavy (non-hydrogen) atoms. The number of rotatable bonds is 4. The van der Waals surface area contributed by atoms with Crippen LogP contribution in [0.3, 0.4) is 0 Å². The smallest absolute Gasteiger partial charge is 0.222 e. The molecule has 3 rings (SSSR count). The van der Waals surface area contributed by atoms with E-state index in [1.165, 1.54) is 0 Å². The maximum Gasteiger partial charge on any atom is 0.222 e. The number of carbonyl (C=O) groups excluding carboxylic acids is 1. The zero-order chi connectivity index (χ0) is 15.5. The first-order valence-electron chi connectivity index (χ1n) is 8.13. The van der Waals surface area contributed by atoms with Gasteiger partial charge in [-0.05, 0) is 24.5 Å². The second-order valence-electron chi connectivity index (χ2n) is 6.18. The van der Waals surface area contributed by atoms with Crippen molar-refractivity contribution in [1.29, 1.82) is 0 Å². The lowest BCUT2D eigenvalue weighted by molar-refractivity contribution is -0.136. The standard InChI is InChI=1S/C18H23ClN2O/c1-2-18(22)21-15-9-10-16(21)13-20(12-15)11-5-7-14-6-3-4-8-17(14)19/h3-8,15-16H,2,9-13H2,1H3/b7-5+. The summed E-state index contributed by atoms with van der Waals surface area (Å²) in [5, 5.41) is 0.789. The van der Waals surface area contributed by atoms with Crippen molar-refractivity contribution in [3.8, 4) is 0 Å². The van der Waals surface area contributed by atoms with Crippen LogP contribution in [-0.4, -0.2) is 47.4 Å². The van der Waals surface area contributed by atoms with Crippen LogP contribution in [0.25, 0.3) is 6.08 Å². The first kappa shape index (κ1) is 15.6. The average Bonchev–Trinajstić information content (AvgIpc) is 2.79. The first-order chi connectivity index (χ1) is 10.7. The summed E-state index contributed by atoms with van der Waals surface area (Å²) in [6, 6.07) is 8.72. The molecule has 2 atom stereocenters. The zero-order valence-electron chi connectivity index (χ0n) is 13.0. The number of halogens is 1. The molecule has 0 N–H and O–H groups in total. The third-order valence-electron chi connectivity index (χ3n) is 4.71. The molecule has 2 aliphatic heterocycles. The second kappa shape index (κ2) is 6.84. The number of likely N-dealkylation sites (tertiary alicyclic amines) is 1. The molecule has 2 unspecified atom stereocenters. The number of piperazine rings is 1. The van der Waals surface area contributed by atoms with Gasteiger partial charge in [-0.3, -0.25) is 9.69 Å². The van der Waals surface area contributed by atoms with Gasteiger partial charge in [0.1, 0.15) is 0 Å². The summed E-state index contributed by atoms with van der Waals surface area (Å²) >= 11 is 6.16. The topological polar surface area (TPSA) is 23.6 Å². The van der Waals surface area contributed by atoms with Crippen molar-refractivity contribution in [2.75, 3.05) is 19.6 Å². The third-order valence-corrected chi connectivity index (χ3v) is 5.06. The molecule has 1 aromatic carbocycles. The van der Waals surface area contributed by atoms with Crippen LogP contribution < -0.4 is 0 Å². The van der Waals surface area contributed by atoms with Crippen LogP contribution in [0.4, 0.5) is 0 Å². The van der Waals surface area contributed by atoms with Crippen molar-refractivity contribution in [3.63, 3.8) is 0 Å². The monoisotopic (exact) mass is 318 g/mol. The Morgan fingerprint density at radius 1 is 1.27 bits per heavy atom. The minimum absolute atomic E-state index is 0.318. The molecule has 2 bridgehead atoms. The van der Waals surface area contributed by atoms with Gasteiger partial charge in [0.25, 0.3) is 0 Å². The molecule has 0 saturated carbocycles. The summed E-state index contributed by atoms with van der Waals surface area (Å²) < 4.78 is 0. The van der Waals surface area contributed by atoms with Crippen molar-refractivity contribution in [1.82, 2.24) is 9.80 Å². The summed E-state index contributed by atoms with van der Waals surface area (Å²) in [5.41, 5.74) is 1.06. The van der Waals surface area contributed by atoms with Gasteiger partial charge in [-0.25, -0.2) is 0 Å². The largest absolute Gasteiger partial charge is 0.334 e. The molecular formula is C18H23ClN2O. The van der Waals surface area contributed by atoms with Gasteiger partial charge in [0.05, 0.1) is 0 Å². The summed E-state index contributed by atoms with van der Waals surface area (Å²) in [7, 11) is 0. The number of amides is 1. The Labute approximate surface area is 137 Å². The van der Waals surface area contributed by atoms with Crippen molar-refractivity contribution in [2.45, 2.75) is 38.3 Å². The van der Waals surface area contributed by atoms with Crippen LogP contribution in [0, 0.1) is 0 Å². The van der Waals surface area contributed by atoms with Crippen molar-refractivity contribution < 1.29 is 4.79 Å². The predicted octanol–water partition coefficient (Wildman–Crippen LogP) is 3.44. The Morgan fingerprint density at radius 2 is 1.95 bits per heavy atom. The molecule has 0 aromatic heterocycles. The minimum atomic E-state index is 0.318. The highest BCUT2D eigenvalue weighted by atomic mass is 35.5. The molecule has 2 heterocycles. The van der Waals surface area contributed by atoms with Gasteiger partial charge < -0.3 is 4.90 Å². The normalized spacial score (nSPS) is 25.1. The minimum Gasteiger partial charge on any atom is -0.334 e. The van der Waals surface area contributed by atoms with Crippen LogP contribution in [0.15, 0.2) is 30.3 Å². The van der Waals surface area contributed by atoms with E-state index in [9.17, 15) is 4.79 Å². The van der Waals surface area contributed by atoms with Gasteiger partial charge in [-0.2, -0.15) is 0 Å². The fourth-order valence-corrected chi connectivity index (χ4v) is 3.87. The third kappa shape index (κ3) is 3.21. The van der Waals surface area contributed by atoms with Crippen LogP contribution in [0.2, 0.25) is 5.02 Å². The van der Waals surface area contributed by atoms with E-state index < -0.39 is 0 Å². The van der Waals surface area contributed by atoms with Crippen LogP contribution >= 0.6 is 11.6 Å². The van der Waals surface area contributed by atoms with E-state index in [4.69, 9.17) is 11.6 Å². The summed E-state index contributed by atoms with van der Waals surface area (Å²) in [6.07, 6.45) is 7.20. The molecule has 3 nitrogen and oxygen atoms in total. The quantitative estimate of drug-likeness (QED) is 0.849. The SMILES string of the molecule is CCC(=O)N1C2CCC1CN(C/C=C/c1ccccc1Cl)C2. The summed E-state index contributed by atoms with van der Waals surface area (Å²) in [5.74, 6) is 0.318. The lowest BCUT2D eigenvalue weighted by Gasteiger charge is -2.40. The highest BCUT2D eigenvalue weighted by Crippen LogP contribution is 2.30. The molecule has 2 saturated heterocycles. The van der Waals surface area contributed by atoms with Gasteiger partial charge in [0.15, 0.2) is 0 Å². The molecule has 1 amide bonds. The number of fused-ring (bicyclic) bond motifs is 2. The molecule has 0 aliphatic carbocycles. The van der Waals surface area contributed by atoms with Gasteiger partial charge in [-0.1, -0.05) is 48.9 Å². The van der Waals surface area contributed by atoms with Crippen LogP contribution in [-0.2, 0) is 4.79 Å². The molecule has 2 fully saturated rings. The molecule has 2 aliphatic rings. The molecule has 0 spiro atoms. The fourth-order valence-electron chi connectivity index (χ4n) is 3.67. The molecule has 0 radical (unpaired) electrons. The number of hydrogen-bond acceptors (Lipinski definition) is 2. The van der Waals surface area contributed by atoms with E-state index in [0.717, 1.165) is 43.1 Å². The number of benzene rings is 1. The van der Waals surface area contributed by atoms with Crippen molar-refractivity contribution in [2.24, 2.45) is 0 Å². The molecular weight excluding hydrogens is 296 g/mol. The van der Waals surface area contributed by atoms with E-state index in [2.05, 4.69) is 22.0 Å². The number of hydrogen-bond donors (Lipinski definition) is 0. The van der Waals surface area contributed by atoms with Gasteiger partial charge in [0.2, 0.25) is 5.91 Å². The molecule has 118 valence electrons. The van der Waals surface area contributed by atoms with E-state index in [1.807, 2.05) is 31.2 Å². The van der Waals surface area contributed by atoms with Gasteiger partial charge in [-0.15, -0.1) is 0 Å². The molecule has 1 aromatic rings. The van der Waals surface area contributed by atoms with Crippen LogP contribution in [0.1, 0.15) is 31.7 Å². The van der Waals surface area contributed by atoms with Gasteiger partial charge >= 0.3 is 0 Å². The van der Waals surface area contributed by atoms with E-state index in [-0.39, 0.29) is 0 Å². The molecule has 4 heteroatoms. The maximum absolute atomic E-state index is 12.0. The number of nitrogens with zero attached hydrogens (tertiary/aromatic N) is 2. The van der Waals surface area contributed by atoms with Crippen LogP contribution in [0.5, 0.6) is 0 Å². The van der Waals surface area contributed by atoms with E-state index >= 15 is 0 Å². The highest BCUT2D eigenvalue weighted by Gasteiger charge is 2.41. The van der Waals surface area contributed by atoms with Gasteiger partial charge in [0, 0.05) is 43.2 Å². The Morgan fingerprint density at radius 3 is 2.59 bits per heavy atom. The Kier molecular flexibility index (Phi) is 4.84. The van der Waals surface area contributed by atoms with Crippen molar-refractivity contribution in [3.05, 3.63) is 40.9 Å². The Hall–Kier alpha value is -1.32. The average molecular weight is 319 g/mol. The lowest BCUT2D eigenvalue weighted by atomic mass is 10.1. The van der Waals surface area contributed by atoms with E-state index in [0.29, 0.717) is 24.4 Å². The fraction of sp³-hybridized carbons (Fsp3) is 0.500. The summed E-state index contributed by atoms with van der Waals surface area (Å²) in [6.45, 7) is 4.87. The second-order valence-corrected chi connectivity index (χ2v) is 6.59. The maximum atomic E-state index is 12.0. The van der Waals surface area contributed by atoms with Crippen molar-refractivity contribution >= 4 is 23.6 Å². The predicted molar refractivity (Wildman–Crippen MR) is 90.9 cm³/mol. The zero-order valence-corrected chi connectivity index (χ0v) is 13.8. The Bertz CT molecular complexity index is 558. The Balaban J connectivity index is 1.58. The summed E-state index contributed by atoms with van der Waals surface area (Å²) in [4.78, 5) is 16.7. The number of carbonyl (C=O) groups is 1. The first-order valence-corrected chi connectivity index (χ1v) is 8.51. The lowest BCUT2D eigenvalue weighted by Crippen LogP contribution is -2.55. The van der Waals surface area contributed by atoms with E-state index in [1.54, 1.807) is 0 Å².